The first-order valence-corrected chi connectivity index (χ1v) is 6.36. The predicted octanol–water partition coefficient (Wildman–Crippen LogP) is 3.08. The normalized spacial score (nSPS) is 10.8. The Balaban J connectivity index is 2.03. The lowest BCUT2D eigenvalue weighted by atomic mass is 10.3. The predicted molar refractivity (Wildman–Crippen MR) is 74.9 cm³/mol. The maximum absolute atomic E-state index is 5.87. The zero-order valence-electron chi connectivity index (χ0n) is 10.3. The third-order valence-electron chi connectivity index (χ3n) is 2.78. The first-order valence-electron chi connectivity index (χ1n) is 5.98. The number of nitrogens with zero attached hydrogens (tertiary/aromatic N) is 4. The van der Waals surface area contributed by atoms with Gasteiger partial charge in [0.2, 0.25) is 0 Å². The summed E-state index contributed by atoms with van der Waals surface area (Å²) in [5.74, 6) is 1.43. The van der Waals surface area contributed by atoms with E-state index in [9.17, 15) is 0 Å². The van der Waals surface area contributed by atoms with E-state index in [1.807, 2.05) is 30.3 Å². The summed E-state index contributed by atoms with van der Waals surface area (Å²) in [7, 11) is 0. The van der Waals surface area contributed by atoms with Gasteiger partial charge in [0.15, 0.2) is 0 Å². The van der Waals surface area contributed by atoms with Crippen LogP contribution in [0, 0.1) is 0 Å². The van der Waals surface area contributed by atoms with Crippen LogP contribution in [0.2, 0.25) is 5.02 Å². The number of hydrogen-bond donors (Lipinski definition) is 1. The number of rotatable bonds is 3. The lowest BCUT2D eigenvalue weighted by Gasteiger charge is -2.09. The molecule has 3 aromatic rings. The van der Waals surface area contributed by atoms with Crippen molar-refractivity contribution in [1.82, 2.24) is 19.6 Å². The largest absolute Gasteiger partial charge is 0.340 e. The van der Waals surface area contributed by atoms with Crippen LogP contribution in [0.4, 0.5) is 11.5 Å². The first kappa shape index (κ1) is 11.9. The molecule has 2 heterocycles. The summed E-state index contributed by atoms with van der Waals surface area (Å²) in [5, 5.41) is 8.17. The van der Waals surface area contributed by atoms with Crippen molar-refractivity contribution in [3.63, 3.8) is 0 Å². The highest BCUT2D eigenvalue weighted by molar-refractivity contribution is 6.30. The highest BCUT2D eigenvalue weighted by Crippen LogP contribution is 2.19. The van der Waals surface area contributed by atoms with Crippen LogP contribution in [0.5, 0.6) is 0 Å². The lowest BCUT2D eigenvalue weighted by Crippen LogP contribution is -2.03. The van der Waals surface area contributed by atoms with Crippen LogP contribution < -0.4 is 5.32 Å². The van der Waals surface area contributed by atoms with Gasteiger partial charge in [0, 0.05) is 22.5 Å². The van der Waals surface area contributed by atoms with Crippen molar-refractivity contribution in [2.24, 2.45) is 0 Å². The average molecular weight is 274 g/mol. The molecule has 0 aliphatic carbocycles. The van der Waals surface area contributed by atoms with Gasteiger partial charge in [0.25, 0.3) is 5.78 Å². The van der Waals surface area contributed by atoms with Crippen LogP contribution in [0.3, 0.4) is 0 Å². The molecule has 0 radical (unpaired) electrons. The Bertz CT molecular complexity index is 705. The van der Waals surface area contributed by atoms with Gasteiger partial charge in [0.1, 0.15) is 12.1 Å². The van der Waals surface area contributed by atoms with Crippen molar-refractivity contribution >= 4 is 28.9 Å². The second kappa shape index (κ2) is 4.85. The van der Waals surface area contributed by atoms with E-state index < -0.39 is 0 Å². The molecule has 5 nitrogen and oxygen atoms in total. The van der Waals surface area contributed by atoms with Crippen LogP contribution in [-0.2, 0) is 6.42 Å². The zero-order valence-corrected chi connectivity index (χ0v) is 11.1. The van der Waals surface area contributed by atoms with E-state index in [1.54, 1.807) is 4.52 Å². The van der Waals surface area contributed by atoms with Crippen LogP contribution in [-0.4, -0.2) is 19.6 Å². The summed E-state index contributed by atoms with van der Waals surface area (Å²) in [4.78, 5) is 8.52. The summed E-state index contributed by atoms with van der Waals surface area (Å²) in [5.41, 5.74) is 1.91. The Morgan fingerprint density at radius 2 is 2.05 bits per heavy atom. The molecule has 0 saturated heterocycles. The zero-order chi connectivity index (χ0) is 13.2. The van der Waals surface area contributed by atoms with Crippen molar-refractivity contribution in [2.45, 2.75) is 13.3 Å². The van der Waals surface area contributed by atoms with Gasteiger partial charge in [-0.05, 0) is 30.7 Å². The highest BCUT2D eigenvalue weighted by atomic mass is 35.5. The van der Waals surface area contributed by atoms with Crippen molar-refractivity contribution in [3.05, 3.63) is 47.4 Å². The summed E-state index contributed by atoms with van der Waals surface area (Å²) in [6.07, 6.45) is 2.34. The molecule has 19 heavy (non-hydrogen) atoms. The fourth-order valence-corrected chi connectivity index (χ4v) is 1.94. The molecule has 0 spiro atoms. The van der Waals surface area contributed by atoms with Gasteiger partial charge >= 0.3 is 0 Å². The van der Waals surface area contributed by atoms with E-state index >= 15 is 0 Å². The maximum Gasteiger partial charge on any atom is 0.254 e. The molecule has 0 unspecified atom stereocenters. The van der Waals surface area contributed by atoms with Crippen LogP contribution in [0.15, 0.2) is 36.7 Å². The topological polar surface area (TPSA) is 55.1 Å². The first-order chi connectivity index (χ1) is 9.26. The molecule has 0 atom stereocenters. The fourth-order valence-electron chi connectivity index (χ4n) is 1.81. The van der Waals surface area contributed by atoms with E-state index in [4.69, 9.17) is 11.6 Å². The summed E-state index contributed by atoms with van der Waals surface area (Å²) in [6, 6.07) is 9.47. The molecular formula is C13H12ClN5. The number of fused-ring (bicyclic) bond motifs is 1. The number of nitrogens with one attached hydrogen (secondary N) is 1. The summed E-state index contributed by atoms with van der Waals surface area (Å²) >= 11 is 5.87. The summed E-state index contributed by atoms with van der Waals surface area (Å²) in [6.45, 7) is 2.06. The second-order valence-corrected chi connectivity index (χ2v) is 4.53. The van der Waals surface area contributed by atoms with Gasteiger partial charge < -0.3 is 5.32 Å². The number of aromatic nitrogens is 4. The Kier molecular flexibility index (Phi) is 3.05. The molecule has 0 fully saturated rings. The number of hydrogen-bond acceptors (Lipinski definition) is 4. The smallest absolute Gasteiger partial charge is 0.254 e. The van der Waals surface area contributed by atoms with Gasteiger partial charge in [-0.2, -0.15) is 14.6 Å². The van der Waals surface area contributed by atoms with E-state index in [-0.39, 0.29) is 0 Å². The Morgan fingerprint density at radius 1 is 1.26 bits per heavy atom. The summed E-state index contributed by atoms with van der Waals surface area (Å²) < 4.78 is 1.67. The minimum Gasteiger partial charge on any atom is -0.340 e. The van der Waals surface area contributed by atoms with E-state index in [1.165, 1.54) is 6.33 Å². The quantitative estimate of drug-likeness (QED) is 0.797. The third kappa shape index (κ3) is 2.37. The van der Waals surface area contributed by atoms with E-state index in [0.717, 1.165) is 23.6 Å². The molecule has 3 rings (SSSR count). The molecule has 96 valence electrons. The minimum absolute atomic E-state index is 0.593. The molecule has 0 bridgehead atoms. The Morgan fingerprint density at radius 3 is 2.79 bits per heavy atom. The van der Waals surface area contributed by atoms with E-state index in [2.05, 4.69) is 27.3 Å². The number of anilines is 2. The highest BCUT2D eigenvalue weighted by Gasteiger charge is 2.06. The second-order valence-electron chi connectivity index (χ2n) is 4.09. The average Bonchev–Trinajstić information content (AvgIpc) is 2.89. The molecule has 0 aliphatic heterocycles. The minimum atomic E-state index is 0.593. The van der Waals surface area contributed by atoms with Gasteiger partial charge in [-0.1, -0.05) is 18.5 Å². The SMILES string of the molecule is CCc1cc(Nc2ccc(Cl)cc2)n2ncnc2n1. The van der Waals surface area contributed by atoms with Gasteiger partial charge in [-0.3, -0.25) is 0 Å². The Labute approximate surface area is 115 Å². The van der Waals surface area contributed by atoms with Gasteiger partial charge in [-0.25, -0.2) is 4.98 Å². The molecule has 2 aromatic heterocycles. The fraction of sp³-hybridized carbons (Fsp3) is 0.154. The molecule has 0 amide bonds. The molecule has 0 saturated carbocycles. The van der Waals surface area contributed by atoms with Crippen LogP contribution in [0.25, 0.3) is 5.78 Å². The standard InChI is InChI=1S/C13H12ClN5/c1-2-10-7-12(19-13(18-10)15-8-16-19)17-11-5-3-9(14)4-6-11/h3-8,17H,2H2,1H3. The van der Waals surface area contributed by atoms with Crippen molar-refractivity contribution in [1.29, 1.82) is 0 Å². The number of aryl methyl sites for hydroxylation is 1. The van der Waals surface area contributed by atoms with Crippen LogP contribution >= 0.6 is 11.6 Å². The van der Waals surface area contributed by atoms with Crippen LogP contribution in [0.1, 0.15) is 12.6 Å². The maximum atomic E-state index is 5.87. The lowest BCUT2D eigenvalue weighted by molar-refractivity contribution is 0.918. The van der Waals surface area contributed by atoms with Crippen molar-refractivity contribution in [2.75, 3.05) is 5.32 Å². The number of halogens is 1. The van der Waals surface area contributed by atoms with Crippen molar-refractivity contribution < 1.29 is 0 Å². The third-order valence-corrected chi connectivity index (χ3v) is 3.04. The monoisotopic (exact) mass is 273 g/mol. The Hall–Kier alpha value is -2.14. The van der Waals surface area contributed by atoms with Crippen molar-refractivity contribution in [3.8, 4) is 0 Å². The van der Waals surface area contributed by atoms with Gasteiger partial charge in [-0.15, -0.1) is 0 Å². The number of benzene rings is 1. The molecule has 1 aromatic carbocycles. The molecule has 6 heteroatoms. The molecule has 0 aliphatic rings. The van der Waals surface area contributed by atoms with E-state index in [0.29, 0.717) is 10.8 Å². The molecule has 1 N–H and O–H groups in total. The molecular weight excluding hydrogens is 262 g/mol. The van der Waals surface area contributed by atoms with Gasteiger partial charge in [0.05, 0.1) is 0 Å².